The molecule has 1 aromatic carbocycles. The first kappa shape index (κ1) is 12.7. The van der Waals surface area contributed by atoms with Crippen molar-refractivity contribution in [2.75, 3.05) is 25.6 Å². The number of aliphatic hydroxyl groups excluding tert-OH is 1. The molecule has 5 heteroatoms. The molecule has 1 aromatic rings. The van der Waals surface area contributed by atoms with Crippen molar-refractivity contribution in [2.24, 2.45) is 0 Å². The number of hydrogen-bond acceptors (Lipinski definition) is 3. The third-order valence-electron chi connectivity index (χ3n) is 3.20. The summed E-state index contributed by atoms with van der Waals surface area (Å²) in [6, 6.07) is 7.02. The average molecular weight is 250 g/mol. The smallest absolute Gasteiger partial charge is 0.322 e. The second-order valence-electron chi connectivity index (χ2n) is 4.30. The quantitative estimate of drug-likeness (QED) is 0.858. The van der Waals surface area contributed by atoms with Gasteiger partial charge in [0.05, 0.1) is 25.4 Å². The van der Waals surface area contributed by atoms with E-state index >= 15 is 0 Å². The van der Waals surface area contributed by atoms with E-state index in [0.29, 0.717) is 18.0 Å². The van der Waals surface area contributed by atoms with Crippen molar-refractivity contribution in [1.29, 1.82) is 0 Å². The van der Waals surface area contributed by atoms with Crippen molar-refractivity contribution in [3.8, 4) is 5.75 Å². The Kier molecular flexibility index (Phi) is 4.04. The summed E-state index contributed by atoms with van der Waals surface area (Å²) < 4.78 is 5.18. The molecular formula is C13H18N2O3. The largest absolute Gasteiger partial charge is 0.495 e. The molecule has 1 aliphatic heterocycles. The fraction of sp³-hybridized carbons (Fsp3) is 0.462. The highest BCUT2D eigenvalue weighted by molar-refractivity contribution is 5.91. The number of ether oxygens (including phenoxy) is 1. The van der Waals surface area contributed by atoms with Crippen LogP contribution >= 0.6 is 0 Å². The fourth-order valence-electron chi connectivity index (χ4n) is 2.23. The molecule has 1 saturated heterocycles. The van der Waals surface area contributed by atoms with Crippen LogP contribution in [-0.4, -0.2) is 42.3 Å². The normalized spacial score (nSPS) is 18.8. The summed E-state index contributed by atoms with van der Waals surface area (Å²) in [6.45, 7) is 0.700. The summed E-state index contributed by atoms with van der Waals surface area (Å²) in [6.07, 6.45) is 1.79. The van der Waals surface area contributed by atoms with E-state index in [-0.39, 0.29) is 18.7 Å². The summed E-state index contributed by atoms with van der Waals surface area (Å²) in [5, 5.41) is 12.0. The second kappa shape index (κ2) is 5.73. The Balaban J connectivity index is 2.07. The maximum absolute atomic E-state index is 12.1. The van der Waals surface area contributed by atoms with Crippen LogP contribution in [0.2, 0.25) is 0 Å². The Morgan fingerprint density at radius 2 is 2.33 bits per heavy atom. The van der Waals surface area contributed by atoms with E-state index in [1.165, 1.54) is 0 Å². The second-order valence-corrected chi connectivity index (χ2v) is 4.30. The van der Waals surface area contributed by atoms with Gasteiger partial charge in [-0.3, -0.25) is 0 Å². The van der Waals surface area contributed by atoms with E-state index in [4.69, 9.17) is 4.74 Å². The molecule has 0 aromatic heterocycles. The van der Waals surface area contributed by atoms with E-state index in [1.54, 1.807) is 24.1 Å². The van der Waals surface area contributed by atoms with Crippen LogP contribution in [0, 0.1) is 0 Å². The Morgan fingerprint density at radius 1 is 1.56 bits per heavy atom. The van der Waals surface area contributed by atoms with Gasteiger partial charge in [0.25, 0.3) is 0 Å². The monoisotopic (exact) mass is 250 g/mol. The zero-order valence-electron chi connectivity index (χ0n) is 10.4. The summed E-state index contributed by atoms with van der Waals surface area (Å²) in [5.41, 5.74) is 0.647. The number of nitrogens with one attached hydrogen (secondary N) is 1. The molecule has 1 heterocycles. The summed E-state index contributed by atoms with van der Waals surface area (Å²) in [4.78, 5) is 13.8. The minimum atomic E-state index is -0.184. The Labute approximate surface area is 106 Å². The van der Waals surface area contributed by atoms with Crippen molar-refractivity contribution < 1.29 is 14.6 Å². The molecule has 0 spiro atoms. The highest BCUT2D eigenvalue weighted by Crippen LogP contribution is 2.25. The van der Waals surface area contributed by atoms with Crippen LogP contribution in [0.3, 0.4) is 0 Å². The molecule has 0 bridgehead atoms. The average Bonchev–Trinajstić information content (AvgIpc) is 2.87. The van der Waals surface area contributed by atoms with Crippen LogP contribution in [-0.2, 0) is 0 Å². The molecule has 0 saturated carbocycles. The molecule has 0 unspecified atom stereocenters. The van der Waals surface area contributed by atoms with Gasteiger partial charge in [-0.15, -0.1) is 0 Å². The number of hydrogen-bond donors (Lipinski definition) is 2. The summed E-state index contributed by atoms with van der Waals surface area (Å²) >= 11 is 0. The van der Waals surface area contributed by atoms with Crippen LogP contribution in [0.4, 0.5) is 10.5 Å². The zero-order valence-corrected chi connectivity index (χ0v) is 10.4. The number of nitrogens with zero attached hydrogens (tertiary/aromatic N) is 1. The maximum Gasteiger partial charge on any atom is 0.322 e. The van der Waals surface area contributed by atoms with Crippen LogP contribution in [0.5, 0.6) is 5.75 Å². The molecule has 18 heavy (non-hydrogen) atoms. The predicted octanol–water partition coefficient (Wildman–Crippen LogP) is 1.68. The topological polar surface area (TPSA) is 61.8 Å². The fourth-order valence-corrected chi connectivity index (χ4v) is 2.23. The number of anilines is 1. The molecule has 2 N–H and O–H groups in total. The first-order chi connectivity index (χ1) is 8.76. The van der Waals surface area contributed by atoms with Crippen molar-refractivity contribution in [3.63, 3.8) is 0 Å². The number of likely N-dealkylation sites (tertiary alicyclic amines) is 1. The predicted molar refractivity (Wildman–Crippen MR) is 68.8 cm³/mol. The number of carbonyl (C=O) groups excluding carboxylic acids is 1. The van der Waals surface area contributed by atoms with Gasteiger partial charge < -0.3 is 20.1 Å². The van der Waals surface area contributed by atoms with Gasteiger partial charge in [-0.25, -0.2) is 4.79 Å². The zero-order chi connectivity index (χ0) is 13.0. The van der Waals surface area contributed by atoms with Crippen molar-refractivity contribution in [3.05, 3.63) is 24.3 Å². The van der Waals surface area contributed by atoms with E-state index in [1.807, 2.05) is 12.1 Å². The lowest BCUT2D eigenvalue weighted by Gasteiger charge is -2.23. The third-order valence-corrected chi connectivity index (χ3v) is 3.20. The van der Waals surface area contributed by atoms with Crippen LogP contribution < -0.4 is 10.1 Å². The van der Waals surface area contributed by atoms with Gasteiger partial charge >= 0.3 is 6.03 Å². The molecule has 5 nitrogen and oxygen atoms in total. The molecule has 0 aliphatic carbocycles. The molecule has 98 valence electrons. The molecule has 0 radical (unpaired) electrons. The number of carbonyl (C=O) groups is 1. The Morgan fingerprint density at radius 3 is 3.06 bits per heavy atom. The first-order valence-electron chi connectivity index (χ1n) is 6.07. The number of para-hydroxylation sites is 2. The molecule has 2 amide bonds. The minimum absolute atomic E-state index is 0.0132. The molecule has 1 fully saturated rings. The number of amides is 2. The maximum atomic E-state index is 12.1. The number of benzene rings is 1. The van der Waals surface area contributed by atoms with Gasteiger partial charge in [-0.2, -0.15) is 0 Å². The van der Waals surface area contributed by atoms with Gasteiger partial charge in [0.2, 0.25) is 0 Å². The lowest BCUT2D eigenvalue weighted by Crippen LogP contribution is -2.40. The Bertz CT molecular complexity index is 422. The van der Waals surface area contributed by atoms with Crippen LogP contribution in [0.25, 0.3) is 0 Å². The van der Waals surface area contributed by atoms with Crippen molar-refractivity contribution >= 4 is 11.7 Å². The summed E-state index contributed by atoms with van der Waals surface area (Å²) in [5.74, 6) is 0.630. The number of rotatable bonds is 3. The minimum Gasteiger partial charge on any atom is -0.495 e. The number of methoxy groups -OCH3 is 1. The SMILES string of the molecule is COc1ccccc1NC(=O)N1CCC[C@H]1CO. The van der Waals surface area contributed by atoms with E-state index in [9.17, 15) is 9.90 Å². The molecule has 1 atom stereocenters. The van der Waals surface area contributed by atoms with E-state index in [2.05, 4.69) is 5.32 Å². The number of urea groups is 1. The summed E-state index contributed by atoms with van der Waals surface area (Å²) in [7, 11) is 1.57. The van der Waals surface area contributed by atoms with Crippen molar-refractivity contribution in [1.82, 2.24) is 4.90 Å². The van der Waals surface area contributed by atoms with Gasteiger partial charge in [-0.1, -0.05) is 12.1 Å². The molecule has 1 aliphatic rings. The lowest BCUT2D eigenvalue weighted by atomic mass is 10.2. The number of aliphatic hydroxyl groups is 1. The van der Waals surface area contributed by atoms with Gasteiger partial charge in [-0.05, 0) is 25.0 Å². The first-order valence-corrected chi connectivity index (χ1v) is 6.07. The van der Waals surface area contributed by atoms with Crippen molar-refractivity contribution in [2.45, 2.75) is 18.9 Å². The van der Waals surface area contributed by atoms with E-state index < -0.39 is 0 Å². The van der Waals surface area contributed by atoms with Crippen LogP contribution in [0.1, 0.15) is 12.8 Å². The third kappa shape index (κ3) is 2.56. The highest BCUT2D eigenvalue weighted by atomic mass is 16.5. The van der Waals surface area contributed by atoms with E-state index in [0.717, 1.165) is 12.8 Å². The Hall–Kier alpha value is -1.75. The van der Waals surface area contributed by atoms with Gasteiger partial charge in [0, 0.05) is 6.54 Å². The standard InChI is InChI=1S/C13H18N2O3/c1-18-12-7-3-2-6-11(12)14-13(17)15-8-4-5-10(15)9-16/h2-3,6-7,10,16H,4-5,8-9H2,1H3,(H,14,17)/t10-/m0/s1. The van der Waals surface area contributed by atoms with Crippen LogP contribution in [0.15, 0.2) is 24.3 Å². The van der Waals surface area contributed by atoms with Gasteiger partial charge in [0.15, 0.2) is 0 Å². The molecule has 2 rings (SSSR count). The van der Waals surface area contributed by atoms with Gasteiger partial charge in [0.1, 0.15) is 5.75 Å². The highest BCUT2D eigenvalue weighted by Gasteiger charge is 2.28. The lowest BCUT2D eigenvalue weighted by molar-refractivity contribution is 0.166. The molecular weight excluding hydrogens is 232 g/mol.